The van der Waals surface area contributed by atoms with Crippen molar-refractivity contribution in [3.05, 3.63) is 33.5 Å². The Morgan fingerprint density at radius 1 is 1.50 bits per heavy atom. The molecule has 1 aromatic carbocycles. The van der Waals surface area contributed by atoms with Crippen LogP contribution in [-0.4, -0.2) is 11.1 Å². The fourth-order valence-electron chi connectivity index (χ4n) is 1.69. The SMILES string of the molecule is Cc1cc(Br)c(F)c(C(C)(C)CC(=O)O)c1. The molecule has 0 heterocycles. The Kier molecular flexibility index (Phi) is 3.73. The molecule has 0 aliphatic rings. The van der Waals surface area contributed by atoms with Crippen LogP contribution in [0.25, 0.3) is 0 Å². The first-order chi connectivity index (χ1) is 7.24. The van der Waals surface area contributed by atoms with E-state index < -0.39 is 11.4 Å². The van der Waals surface area contributed by atoms with Gasteiger partial charge in [0.2, 0.25) is 0 Å². The third-order valence-electron chi connectivity index (χ3n) is 2.49. The van der Waals surface area contributed by atoms with E-state index in [1.54, 1.807) is 26.0 Å². The van der Waals surface area contributed by atoms with Gasteiger partial charge in [-0.25, -0.2) is 4.39 Å². The van der Waals surface area contributed by atoms with Crippen molar-refractivity contribution in [1.29, 1.82) is 0 Å². The Balaban J connectivity index is 3.26. The van der Waals surface area contributed by atoms with Crippen LogP contribution < -0.4 is 0 Å². The van der Waals surface area contributed by atoms with Gasteiger partial charge in [-0.3, -0.25) is 4.79 Å². The zero-order valence-electron chi connectivity index (χ0n) is 9.47. The summed E-state index contributed by atoms with van der Waals surface area (Å²) in [5.41, 5.74) is 0.619. The van der Waals surface area contributed by atoms with Gasteiger partial charge in [0.25, 0.3) is 0 Å². The first kappa shape index (κ1) is 13.2. The van der Waals surface area contributed by atoms with Crippen LogP contribution in [0.2, 0.25) is 0 Å². The van der Waals surface area contributed by atoms with Crippen LogP contribution in [-0.2, 0) is 10.2 Å². The summed E-state index contributed by atoms with van der Waals surface area (Å²) in [5.74, 6) is -1.31. The van der Waals surface area contributed by atoms with Crippen molar-refractivity contribution < 1.29 is 14.3 Å². The van der Waals surface area contributed by atoms with Crippen molar-refractivity contribution in [2.75, 3.05) is 0 Å². The molecule has 0 aliphatic carbocycles. The molecule has 0 amide bonds. The van der Waals surface area contributed by atoms with Gasteiger partial charge < -0.3 is 5.11 Å². The Morgan fingerprint density at radius 3 is 2.56 bits per heavy atom. The summed E-state index contributed by atoms with van der Waals surface area (Å²) in [7, 11) is 0. The molecule has 16 heavy (non-hydrogen) atoms. The maximum Gasteiger partial charge on any atom is 0.304 e. The van der Waals surface area contributed by atoms with Crippen molar-refractivity contribution in [3.63, 3.8) is 0 Å². The number of hydrogen-bond donors (Lipinski definition) is 1. The van der Waals surface area contributed by atoms with Crippen molar-refractivity contribution in [2.45, 2.75) is 32.6 Å². The average molecular weight is 289 g/mol. The summed E-state index contributed by atoms with van der Waals surface area (Å²) >= 11 is 3.13. The largest absolute Gasteiger partial charge is 0.481 e. The molecule has 1 aromatic rings. The number of carbonyl (C=O) groups is 1. The predicted octanol–water partition coefficient (Wildman–Crippen LogP) is 3.65. The third kappa shape index (κ3) is 2.82. The molecule has 88 valence electrons. The fourth-order valence-corrected chi connectivity index (χ4v) is 2.27. The highest BCUT2D eigenvalue weighted by Crippen LogP contribution is 2.33. The molecule has 0 spiro atoms. The maximum atomic E-state index is 13.9. The number of aliphatic carboxylic acids is 1. The Labute approximate surface area is 103 Å². The molecule has 0 atom stereocenters. The van der Waals surface area contributed by atoms with Gasteiger partial charge in [0.1, 0.15) is 5.82 Å². The van der Waals surface area contributed by atoms with Crippen molar-refractivity contribution in [1.82, 2.24) is 0 Å². The molecule has 1 rings (SSSR count). The van der Waals surface area contributed by atoms with Gasteiger partial charge in [0.05, 0.1) is 10.9 Å². The van der Waals surface area contributed by atoms with E-state index in [1.165, 1.54) is 0 Å². The second-order valence-corrected chi connectivity index (χ2v) is 5.42. The highest BCUT2D eigenvalue weighted by Gasteiger charge is 2.28. The number of aryl methyl sites for hydroxylation is 1. The van der Waals surface area contributed by atoms with Crippen LogP contribution in [0.3, 0.4) is 0 Å². The first-order valence-corrected chi connectivity index (χ1v) is 5.71. The maximum absolute atomic E-state index is 13.9. The molecule has 2 nitrogen and oxygen atoms in total. The van der Waals surface area contributed by atoms with Crippen LogP contribution in [0.5, 0.6) is 0 Å². The second-order valence-electron chi connectivity index (χ2n) is 4.56. The summed E-state index contributed by atoms with van der Waals surface area (Å²) in [6.45, 7) is 5.31. The number of carboxylic acids is 1. The summed E-state index contributed by atoms with van der Waals surface area (Å²) in [6.07, 6.45) is -0.0974. The van der Waals surface area contributed by atoms with E-state index in [9.17, 15) is 9.18 Å². The lowest BCUT2D eigenvalue weighted by Crippen LogP contribution is -2.23. The molecule has 0 bridgehead atoms. The fraction of sp³-hybridized carbons (Fsp3) is 0.417. The number of hydrogen-bond acceptors (Lipinski definition) is 1. The second kappa shape index (κ2) is 4.53. The minimum absolute atomic E-state index is 0.0974. The lowest BCUT2D eigenvalue weighted by Gasteiger charge is -2.24. The third-order valence-corrected chi connectivity index (χ3v) is 3.07. The number of benzene rings is 1. The minimum Gasteiger partial charge on any atom is -0.481 e. The molecular formula is C12H14BrFO2. The Morgan fingerprint density at radius 2 is 2.06 bits per heavy atom. The molecule has 0 saturated carbocycles. The molecule has 0 saturated heterocycles. The van der Waals surface area contributed by atoms with Crippen molar-refractivity contribution >= 4 is 21.9 Å². The van der Waals surface area contributed by atoms with Crippen LogP contribution in [0.1, 0.15) is 31.4 Å². The van der Waals surface area contributed by atoms with Gasteiger partial charge in [0.15, 0.2) is 0 Å². The standard InChI is InChI=1S/C12H14BrFO2/c1-7-4-8(11(14)9(13)5-7)12(2,3)6-10(15)16/h4-5H,6H2,1-3H3,(H,15,16). The number of halogens is 2. The normalized spacial score (nSPS) is 11.6. The molecule has 0 radical (unpaired) electrons. The van der Waals surface area contributed by atoms with E-state index in [1.807, 2.05) is 6.92 Å². The van der Waals surface area contributed by atoms with Crippen molar-refractivity contribution in [3.8, 4) is 0 Å². The summed E-state index contributed by atoms with van der Waals surface area (Å²) in [5, 5.41) is 8.81. The lowest BCUT2D eigenvalue weighted by molar-refractivity contribution is -0.138. The van der Waals surface area contributed by atoms with E-state index in [0.29, 0.717) is 10.0 Å². The van der Waals surface area contributed by atoms with Gasteiger partial charge in [-0.2, -0.15) is 0 Å². The zero-order chi connectivity index (χ0) is 12.5. The molecular weight excluding hydrogens is 275 g/mol. The highest BCUT2D eigenvalue weighted by molar-refractivity contribution is 9.10. The van der Waals surface area contributed by atoms with Crippen LogP contribution in [0.4, 0.5) is 4.39 Å². The van der Waals surface area contributed by atoms with Crippen LogP contribution >= 0.6 is 15.9 Å². The molecule has 0 aromatic heterocycles. The van der Waals surface area contributed by atoms with E-state index in [0.717, 1.165) is 5.56 Å². The molecule has 0 aliphatic heterocycles. The Hall–Kier alpha value is -0.900. The topological polar surface area (TPSA) is 37.3 Å². The molecule has 1 N–H and O–H groups in total. The van der Waals surface area contributed by atoms with E-state index in [2.05, 4.69) is 15.9 Å². The van der Waals surface area contributed by atoms with E-state index in [4.69, 9.17) is 5.11 Å². The molecule has 0 fully saturated rings. The monoisotopic (exact) mass is 288 g/mol. The number of carboxylic acid groups (broad SMARTS) is 1. The molecule has 4 heteroatoms. The van der Waals surface area contributed by atoms with Crippen LogP contribution in [0, 0.1) is 12.7 Å². The van der Waals surface area contributed by atoms with Gasteiger partial charge in [0, 0.05) is 5.41 Å². The average Bonchev–Trinajstić information content (AvgIpc) is 2.08. The van der Waals surface area contributed by atoms with Gasteiger partial charge in [-0.1, -0.05) is 19.9 Å². The van der Waals surface area contributed by atoms with Crippen LogP contribution in [0.15, 0.2) is 16.6 Å². The van der Waals surface area contributed by atoms with Gasteiger partial charge in [-0.15, -0.1) is 0 Å². The summed E-state index contributed by atoms with van der Waals surface area (Å²) in [4.78, 5) is 10.7. The Bertz CT molecular complexity index is 427. The smallest absolute Gasteiger partial charge is 0.304 e. The summed E-state index contributed by atoms with van der Waals surface area (Å²) < 4.78 is 14.3. The van der Waals surface area contributed by atoms with E-state index in [-0.39, 0.29) is 12.2 Å². The van der Waals surface area contributed by atoms with E-state index >= 15 is 0 Å². The first-order valence-electron chi connectivity index (χ1n) is 4.92. The molecule has 0 unspecified atom stereocenters. The van der Waals surface area contributed by atoms with Gasteiger partial charge >= 0.3 is 5.97 Å². The predicted molar refractivity (Wildman–Crippen MR) is 64.1 cm³/mol. The van der Waals surface area contributed by atoms with Crippen molar-refractivity contribution in [2.24, 2.45) is 0 Å². The van der Waals surface area contributed by atoms with Gasteiger partial charge in [-0.05, 0) is 40.0 Å². The zero-order valence-corrected chi connectivity index (χ0v) is 11.1. The summed E-state index contributed by atoms with van der Waals surface area (Å²) in [6, 6.07) is 3.37. The number of rotatable bonds is 3. The minimum atomic E-state index is -0.929. The quantitative estimate of drug-likeness (QED) is 0.922. The highest BCUT2D eigenvalue weighted by atomic mass is 79.9. The lowest BCUT2D eigenvalue weighted by atomic mass is 9.80.